The minimum Gasteiger partial charge on any atom is -0.341 e. The van der Waals surface area contributed by atoms with Crippen molar-refractivity contribution in [2.45, 2.75) is 51.1 Å². The second-order valence-electron chi connectivity index (χ2n) is 11.0. The van der Waals surface area contributed by atoms with Crippen LogP contribution in [-0.2, 0) is 27.4 Å². The summed E-state index contributed by atoms with van der Waals surface area (Å²) in [5.74, 6) is -0.753. The summed E-state index contributed by atoms with van der Waals surface area (Å²) in [5, 5.41) is 0. The summed E-state index contributed by atoms with van der Waals surface area (Å²) < 4.78 is 82.2. The molecule has 2 unspecified atom stereocenters. The molecule has 0 aliphatic carbocycles. The Morgan fingerprint density at radius 1 is 0.953 bits per heavy atom. The fourth-order valence-electron chi connectivity index (χ4n) is 5.25. The van der Waals surface area contributed by atoms with Crippen LogP contribution in [0.5, 0.6) is 0 Å². The van der Waals surface area contributed by atoms with Gasteiger partial charge in [0.2, 0.25) is 5.91 Å². The molecule has 1 aliphatic heterocycles. The quantitative estimate of drug-likeness (QED) is 0.281. The number of carbonyl (C=O) groups excluding carboxylic acids is 2. The first-order valence-corrected chi connectivity index (χ1v) is 14.0. The SMILES string of the molecule is CC(=O)C1CCN(c2cc(-c3ccccc3Br)c(N(C)C(=O)C(C)(C)c3cc(C(F)(F)F)cc(C(F)(F)F)c3)cn2)C1N. The van der Waals surface area contributed by atoms with Crippen LogP contribution in [0.3, 0.4) is 0 Å². The number of alkyl halides is 6. The van der Waals surface area contributed by atoms with Crippen LogP contribution < -0.4 is 15.5 Å². The number of carbonyl (C=O) groups is 2. The average molecular weight is 671 g/mol. The number of amides is 1. The Morgan fingerprint density at radius 2 is 1.51 bits per heavy atom. The van der Waals surface area contributed by atoms with E-state index in [0.717, 1.165) is 0 Å². The number of halogens is 7. The van der Waals surface area contributed by atoms with Crippen molar-refractivity contribution >= 4 is 39.1 Å². The van der Waals surface area contributed by atoms with Gasteiger partial charge in [-0.1, -0.05) is 34.1 Å². The number of Topliss-reactive ketones (excluding diaryl/α,β-unsaturated/α-hetero) is 1. The molecule has 0 radical (unpaired) electrons. The zero-order valence-corrected chi connectivity index (χ0v) is 25.2. The minimum atomic E-state index is -5.06. The number of benzene rings is 2. The number of hydrogen-bond donors (Lipinski definition) is 1. The molecule has 1 aromatic heterocycles. The van der Waals surface area contributed by atoms with Gasteiger partial charge in [0, 0.05) is 23.6 Å². The Balaban J connectivity index is 1.81. The van der Waals surface area contributed by atoms with E-state index in [0.29, 0.717) is 46.5 Å². The molecule has 4 rings (SSSR count). The number of nitrogens with two attached hydrogens (primary N) is 1. The smallest absolute Gasteiger partial charge is 0.341 e. The van der Waals surface area contributed by atoms with Crippen LogP contribution in [-0.4, -0.2) is 36.4 Å². The molecule has 1 amide bonds. The number of aromatic nitrogens is 1. The average Bonchev–Trinajstić information content (AvgIpc) is 3.32. The molecule has 13 heteroatoms. The highest BCUT2D eigenvalue weighted by Gasteiger charge is 2.42. The molecule has 0 bridgehead atoms. The van der Waals surface area contributed by atoms with Crippen molar-refractivity contribution in [3.05, 3.63) is 75.9 Å². The molecular formula is C30H29BrF6N4O2. The van der Waals surface area contributed by atoms with Crippen molar-refractivity contribution in [2.75, 3.05) is 23.4 Å². The monoisotopic (exact) mass is 670 g/mol. The molecule has 2 atom stereocenters. The van der Waals surface area contributed by atoms with Gasteiger partial charge in [0.25, 0.3) is 0 Å². The van der Waals surface area contributed by atoms with Crippen LogP contribution in [0.25, 0.3) is 11.1 Å². The van der Waals surface area contributed by atoms with Crippen molar-refractivity contribution in [2.24, 2.45) is 11.7 Å². The maximum Gasteiger partial charge on any atom is 0.416 e. The Bertz CT molecular complexity index is 1520. The Morgan fingerprint density at radius 3 is 2.02 bits per heavy atom. The van der Waals surface area contributed by atoms with Gasteiger partial charge in [-0.25, -0.2) is 4.98 Å². The molecule has 43 heavy (non-hydrogen) atoms. The van der Waals surface area contributed by atoms with E-state index in [4.69, 9.17) is 5.73 Å². The maximum atomic E-state index is 13.9. The van der Waals surface area contributed by atoms with Gasteiger partial charge in [-0.05, 0) is 68.7 Å². The first kappa shape index (κ1) is 32.5. The van der Waals surface area contributed by atoms with Gasteiger partial charge in [-0.2, -0.15) is 26.3 Å². The number of ketones is 1. The lowest BCUT2D eigenvalue weighted by atomic mass is 9.81. The third kappa shape index (κ3) is 6.42. The zero-order valence-electron chi connectivity index (χ0n) is 23.6. The number of anilines is 2. The van der Waals surface area contributed by atoms with Crippen LogP contribution in [0.15, 0.2) is 59.2 Å². The summed E-state index contributed by atoms with van der Waals surface area (Å²) in [6.07, 6.45) is -8.81. The van der Waals surface area contributed by atoms with E-state index in [2.05, 4.69) is 20.9 Å². The second kappa shape index (κ2) is 11.6. The number of hydrogen-bond acceptors (Lipinski definition) is 5. The molecule has 1 aliphatic rings. The van der Waals surface area contributed by atoms with Crippen LogP contribution in [0, 0.1) is 5.92 Å². The summed E-state index contributed by atoms with van der Waals surface area (Å²) in [6, 6.07) is 9.97. The van der Waals surface area contributed by atoms with Crippen LogP contribution in [0.2, 0.25) is 0 Å². The Hall–Kier alpha value is -3.45. The molecule has 2 heterocycles. The lowest BCUT2D eigenvalue weighted by Gasteiger charge is -2.32. The predicted octanol–water partition coefficient (Wildman–Crippen LogP) is 7.19. The highest BCUT2D eigenvalue weighted by Crippen LogP contribution is 2.42. The molecule has 6 nitrogen and oxygen atoms in total. The van der Waals surface area contributed by atoms with E-state index in [9.17, 15) is 35.9 Å². The molecule has 0 saturated carbocycles. The molecule has 2 aromatic carbocycles. The van der Waals surface area contributed by atoms with Gasteiger partial charge in [0.05, 0.1) is 40.5 Å². The molecule has 230 valence electrons. The summed E-state index contributed by atoms with van der Waals surface area (Å²) in [5.41, 5.74) is 2.49. The van der Waals surface area contributed by atoms with Gasteiger partial charge in [-0.3, -0.25) is 9.59 Å². The number of likely N-dealkylation sites (N-methyl/N-ethyl adjacent to an activating group) is 1. The van der Waals surface area contributed by atoms with Gasteiger partial charge in [-0.15, -0.1) is 0 Å². The van der Waals surface area contributed by atoms with E-state index >= 15 is 0 Å². The van der Waals surface area contributed by atoms with Gasteiger partial charge >= 0.3 is 12.4 Å². The van der Waals surface area contributed by atoms with E-state index in [1.807, 2.05) is 0 Å². The highest BCUT2D eigenvalue weighted by molar-refractivity contribution is 9.10. The lowest BCUT2D eigenvalue weighted by molar-refractivity contribution is -0.143. The highest BCUT2D eigenvalue weighted by atomic mass is 79.9. The first-order valence-electron chi connectivity index (χ1n) is 13.2. The van der Waals surface area contributed by atoms with E-state index < -0.39 is 46.5 Å². The van der Waals surface area contributed by atoms with Crippen molar-refractivity contribution in [1.82, 2.24) is 4.98 Å². The summed E-state index contributed by atoms with van der Waals surface area (Å²) in [6.45, 7) is 4.48. The molecule has 3 aromatic rings. The van der Waals surface area contributed by atoms with E-state index in [1.165, 1.54) is 38.9 Å². The fourth-order valence-corrected chi connectivity index (χ4v) is 5.75. The van der Waals surface area contributed by atoms with E-state index in [-0.39, 0.29) is 23.5 Å². The van der Waals surface area contributed by atoms with Crippen LogP contribution >= 0.6 is 15.9 Å². The summed E-state index contributed by atoms with van der Waals surface area (Å²) >= 11 is 3.51. The third-order valence-electron chi connectivity index (χ3n) is 7.81. The van der Waals surface area contributed by atoms with Crippen molar-refractivity contribution in [3.63, 3.8) is 0 Å². The largest absolute Gasteiger partial charge is 0.416 e. The van der Waals surface area contributed by atoms with Crippen LogP contribution in [0.4, 0.5) is 37.8 Å². The standard InChI is InChI=1S/C30H29BrF6N4O2/c1-16(42)20-9-10-41(26(20)38)25-14-22(21-7-5-6-8-23(21)31)24(15-39-25)40(4)27(43)28(2,3)17-11-18(29(32,33)34)13-19(12-17)30(35,36)37/h5-8,11-15,20,26H,9-10,38H2,1-4H3. The number of rotatable bonds is 6. The molecule has 0 spiro atoms. The van der Waals surface area contributed by atoms with Gasteiger partial charge in [0.1, 0.15) is 11.6 Å². The molecule has 2 N–H and O–H groups in total. The van der Waals surface area contributed by atoms with Crippen molar-refractivity contribution < 1.29 is 35.9 Å². The van der Waals surface area contributed by atoms with Crippen molar-refractivity contribution in [3.8, 4) is 11.1 Å². The zero-order chi connectivity index (χ0) is 32.1. The summed E-state index contributed by atoms with van der Waals surface area (Å²) in [7, 11) is 1.38. The topological polar surface area (TPSA) is 79.5 Å². The van der Waals surface area contributed by atoms with Gasteiger partial charge < -0.3 is 15.5 Å². The fraction of sp³-hybridized carbons (Fsp3) is 0.367. The van der Waals surface area contributed by atoms with Crippen molar-refractivity contribution in [1.29, 1.82) is 0 Å². The normalized spacial score (nSPS) is 17.7. The third-order valence-corrected chi connectivity index (χ3v) is 8.50. The Kier molecular flexibility index (Phi) is 8.73. The molecule has 1 fully saturated rings. The Labute approximate surface area is 253 Å². The number of pyridine rings is 1. The van der Waals surface area contributed by atoms with Crippen LogP contribution in [0.1, 0.15) is 43.9 Å². The maximum absolute atomic E-state index is 13.9. The summed E-state index contributed by atoms with van der Waals surface area (Å²) in [4.78, 5) is 33.4. The predicted molar refractivity (Wildman–Crippen MR) is 154 cm³/mol. The lowest BCUT2D eigenvalue weighted by Crippen LogP contribution is -2.43. The first-order chi connectivity index (χ1) is 19.8. The van der Waals surface area contributed by atoms with Gasteiger partial charge in [0.15, 0.2) is 0 Å². The second-order valence-corrected chi connectivity index (χ2v) is 11.9. The molecular weight excluding hydrogens is 642 g/mol. The number of nitrogens with zero attached hydrogens (tertiary/aromatic N) is 3. The molecule has 1 saturated heterocycles. The minimum absolute atomic E-state index is 0.0289. The van der Waals surface area contributed by atoms with E-state index in [1.54, 1.807) is 35.2 Å².